The predicted octanol–water partition coefficient (Wildman–Crippen LogP) is 2.23. The Morgan fingerprint density at radius 2 is 2.14 bits per heavy atom. The monoisotopic (exact) mass is 291 g/mol. The molecular formula is C15H25N5O. The van der Waals surface area contributed by atoms with Crippen molar-refractivity contribution in [2.45, 2.75) is 33.1 Å². The molecule has 0 unspecified atom stereocenters. The van der Waals surface area contributed by atoms with Crippen molar-refractivity contribution in [3.8, 4) is 6.07 Å². The molecule has 1 heterocycles. The molecule has 1 aromatic heterocycles. The molecule has 0 aliphatic heterocycles. The lowest BCUT2D eigenvalue weighted by Gasteiger charge is -2.23. The van der Waals surface area contributed by atoms with Crippen molar-refractivity contribution < 1.29 is 4.74 Å². The molecule has 1 aromatic rings. The number of hydrogen-bond donors (Lipinski definition) is 1. The van der Waals surface area contributed by atoms with Crippen molar-refractivity contribution in [3.63, 3.8) is 0 Å². The molecule has 0 aliphatic carbocycles. The topological polar surface area (TPSA) is 74.1 Å². The van der Waals surface area contributed by atoms with E-state index in [9.17, 15) is 0 Å². The number of aryl methyl sites for hydroxylation is 1. The molecule has 0 aromatic carbocycles. The lowest BCUT2D eigenvalue weighted by Crippen LogP contribution is -2.29. The Morgan fingerprint density at radius 1 is 1.33 bits per heavy atom. The van der Waals surface area contributed by atoms with Crippen molar-refractivity contribution in [1.29, 1.82) is 5.26 Å². The number of anilines is 2. The van der Waals surface area contributed by atoms with E-state index in [1.54, 1.807) is 7.11 Å². The van der Waals surface area contributed by atoms with E-state index in [4.69, 9.17) is 10.00 Å². The highest BCUT2D eigenvalue weighted by atomic mass is 16.5. The molecule has 1 rings (SSSR count). The Hall–Kier alpha value is -1.87. The first-order valence-electron chi connectivity index (χ1n) is 7.47. The third kappa shape index (κ3) is 5.96. The maximum atomic E-state index is 8.81. The van der Waals surface area contributed by atoms with Crippen LogP contribution in [0.15, 0.2) is 6.07 Å². The molecule has 0 aliphatic rings. The SMILES string of the molecule is CCCNc1cc(N(CCC#N)CCOC)nc(CC)n1. The van der Waals surface area contributed by atoms with Gasteiger partial charge in [-0.25, -0.2) is 9.97 Å². The molecule has 21 heavy (non-hydrogen) atoms. The van der Waals surface area contributed by atoms with Gasteiger partial charge in [-0.3, -0.25) is 0 Å². The zero-order valence-electron chi connectivity index (χ0n) is 13.2. The first kappa shape index (κ1) is 17.2. The van der Waals surface area contributed by atoms with Crippen LogP contribution in [-0.2, 0) is 11.2 Å². The number of hydrogen-bond acceptors (Lipinski definition) is 6. The minimum Gasteiger partial charge on any atom is -0.383 e. The molecule has 0 saturated heterocycles. The van der Waals surface area contributed by atoms with E-state index in [2.05, 4.69) is 33.2 Å². The summed E-state index contributed by atoms with van der Waals surface area (Å²) < 4.78 is 5.14. The Bertz CT molecular complexity index is 458. The third-order valence-electron chi connectivity index (χ3n) is 3.01. The highest BCUT2D eigenvalue weighted by Crippen LogP contribution is 2.17. The van der Waals surface area contributed by atoms with Gasteiger partial charge >= 0.3 is 0 Å². The van der Waals surface area contributed by atoms with E-state index >= 15 is 0 Å². The van der Waals surface area contributed by atoms with E-state index < -0.39 is 0 Å². The third-order valence-corrected chi connectivity index (χ3v) is 3.01. The van der Waals surface area contributed by atoms with E-state index in [1.165, 1.54) is 0 Å². The Morgan fingerprint density at radius 3 is 2.76 bits per heavy atom. The van der Waals surface area contributed by atoms with Crippen LogP contribution in [0.2, 0.25) is 0 Å². The Balaban J connectivity index is 2.95. The summed E-state index contributed by atoms with van der Waals surface area (Å²) in [4.78, 5) is 11.1. The van der Waals surface area contributed by atoms with E-state index in [1.807, 2.05) is 13.0 Å². The number of nitrogens with one attached hydrogen (secondary N) is 1. The largest absolute Gasteiger partial charge is 0.383 e. The van der Waals surface area contributed by atoms with Crippen LogP contribution in [-0.4, -0.2) is 43.3 Å². The van der Waals surface area contributed by atoms with Crippen LogP contribution in [0.3, 0.4) is 0 Å². The number of methoxy groups -OCH3 is 1. The second kappa shape index (κ2) is 9.94. The van der Waals surface area contributed by atoms with Gasteiger partial charge in [-0.2, -0.15) is 5.26 Å². The molecule has 0 radical (unpaired) electrons. The highest BCUT2D eigenvalue weighted by molar-refractivity contribution is 5.49. The molecular weight excluding hydrogens is 266 g/mol. The first-order chi connectivity index (χ1) is 10.2. The quantitative estimate of drug-likeness (QED) is 0.712. The molecule has 6 heteroatoms. The van der Waals surface area contributed by atoms with Crippen LogP contribution in [0, 0.1) is 11.3 Å². The van der Waals surface area contributed by atoms with Gasteiger partial charge in [-0.05, 0) is 6.42 Å². The molecule has 0 bridgehead atoms. The van der Waals surface area contributed by atoms with Crippen LogP contribution >= 0.6 is 0 Å². The summed E-state index contributed by atoms with van der Waals surface area (Å²) in [6, 6.07) is 4.13. The number of rotatable bonds is 10. The average Bonchev–Trinajstić information content (AvgIpc) is 2.52. The Labute approximate surface area is 127 Å². The molecule has 116 valence electrons. The zero-order chi connectivity index (χ0) is 15.5. The fourth-order valence-corrected chi connectivity index (χ4v) is 1.87. The van der Waals surface area contributed by atoms with Crippen LogP contribution in [0.5, 0.6) is 0 Å². The summed E-state index contributed by atoms with van der Waals surface area (Å²) >= 11 is 0. The zero-order valence-corrected chi connectivity index (χ0v) is 13.2. The minimum absolute atomic E-state index is 0.465. The van der Waals surface area contributed by atoms with Gasteiger partial charge in [0.25, 0.3) is 0 Å². The van der Waals surface area contributed by atoms with E-state index in [-0.39, 0.29) is 0 Å². The van der Waals surface area contributed by atoms with Crippen molar-refractivity contribution in [2.24, 2.45) is 0 Å². The summed E-state index contributed by atoms with van der Waals surface area (Å²) in [5, 5.41) is 12.1. The number of nitrogens with zero attached hydrogens (tertiary/aromatic N) is 4. The van der Waals surface area contributed by atoms with Crippen LogP contribution in [0.1, 0.15) is 32.5 Å². The van der Waals surface area contributed by atoms with Crippen molar-refractivity contribution in [1.82, 2.24) is 9.97 Å². The molecule has 0 amide bonds. The van der Waals surface area contributed by atoms with Crippen LogP contribution < -0.4 is 10.2 Å². The summed E-state index contributed by atoms with van der Waals surface area (Å²) in [5.74, 6) is 2.51. The lowest BCUT2D eigenvalue weighted by molar-refractivity contribution is 0.205. The predicted molar refractivity (Wildman–Crippen MR) is 84.5 cm³/mol. The fourth-order valence-electron chi connectivity index (χ4n) is 1.87. The van der Waals surface area contributed by atoms with Crippen molar-refractivity contribution >= 4 is 11.6 Å². The van der Waals surface area contributed by atoms with Crippen molar-refractivity contribution in [2.75, 3.05) is 43.6 Å². The average molecular weight is 291 g/mol. The summed E-state index contributed by atoms with van der Waals surface area (Å²) in [6.45, 7) is 7.01. The Kier molecular flexibility index (Phi) is 8.14. The second-order valence-electron chi connectivity index (χ2n) is 4.70. The van der Waals surface area contributed by atoms with E-state index in [0.717, 1.165) is 36.8 Å². The normalized spacial score (nSPS) is 10.2. The smallest absolute Gasteiger partial charge is 0.134 e. The van der Waals surface area contributed by atoms with Gasteiger partial charge in [0.15, 0.2) is 0 Å². The van der Waals surface area contributed by atoms with Gasteiger partial charge in [0.2, 0.25) is 0 Å². The maximum absolute atomic E-state index is 8.81. The van der Waals surface area contributed by atoms with Gasteiger partial charge in [-0.15, -0.1) is 0 Å². The fraction of sp³-hybridized carbons (Fsp3) is 0.667. The van der Waals surface area contributed by atoms with Gasteiger partial charge in [0, 0.05) is 39.2 Å². The van der Waals surface area contributed by atoms with Gasteiger partial charge in [0.05, 0.1) is 19.1 Å². The summed E-state index contributed by atoms with van der Waals surface area (Å²) in [6.07, 6.45) is 2.29. The second-order valence-corrected chi connectivity index (χ2v) is 4.70. The van der Waals surface area contributed by atoms with Crippen molar-refractivity contribution in [3.05, 3.63) is 11.9 Å². The molecule has 0 saturated carbocycles. The van der Waals surface area contributed by atoms with E-state index in [0.29, 0.717) is 26.1 Å². The lowest BCUT2D eigenvalue weighted by atomic mass is 10.3. The van der Waals surface area contributed by atoms with Gasteiger partial charge in [-0.1, -0.05) is 13.8 Å². The molecule has 1 N–H and O–H groups in total. The summed E-state index contributed by atoms with van der Waals surface area (Å²) in [5.41, 5.74) is 0. The minimum atomic E-state index is 0.465. The molecule has 0 atom stereocenters. The highest BCUT2D eigenvalue weighted by Gasteiger charge is 2.11. The molecule has 6 nitrogen and oxygen atoms in total. The van der Waals surface area contributed by atoms with Crippen LogP contribution in [0.4, 0.5) is 11.6 Å². The van der Waals surface area contributed by atoms with Gasteiger partial charge < -0.3 is 15.0 Å². The standard InChI is InChI=1S/C15H25N5O/c1-4-8-17-14-12-15(19-13(5-2)18-14)20(9-6-7-16)10-11-21-3/h12H,4-6,8-11H2,1-3H3,(H,17,18,19). The molecule has 0 fully saturated rings. The maximum Gasteiger partial charge on any atom is 0.134 e. The number of nitriles is 1. The summed E-state index contributed by atoms with van der Waals surface area (Å²) in [7, 11) is 1.67. The first-order valence-corrected chi connectivity index (χ1v) is 7.47. The van der Waals surface area contributed by atoms with Crippen LogP contribution in [0.25, 0.3) is 0 Å². The molecule has 0 spiro atoms. The number of ether oxygens (including phenoxy) is 1. The number of aromatic nitrogens is 2. The van der Waals surface area contributed by atoms with Gasteiger partial charge in [0.1, 0.15) is 17.5 Å².